The van der Waals surface area contributed by atoms with Gasteiger partial charge in [0, 0.05) is 25.7 Å². The highest BCUT2D eigenvalue weighted by atomic mass is 31.2. The van der Waals surface area contributed by atoms with Crippen molar-refractivity contribution in [3.63, 3.8) is 0 Å². The highest BCUT2D eigenvalue weighted by Crippen LogP contribution is 2.45. The molecule has 0 heterocycles. The fourth-order valence-electron chi connectivity index (χ4n) is 10.9. The van der Waals surface area contributed by atoms with Gasteiger partial charge in [0.05, 0.1) is 26.4 Å². The number of hydrogen-bond acceptors (Lipinski definition) is 15. The molecule has 0 aromatic carbocycles. The number of carbonyl (C=O) groups is 4. The second kappa shape index (κ2) is 83.1. The van der Waals surface area contributed by atoms with Crippen LogP contribution >= 0.6 is 15.6 Å². The summed E-state index contributed by atoms with van der Waals surface area (Å²) in [5.74, 6) is -2.35. The number of phosphoric ester groups is 2. The summed E-state index contributed by atoms with van der Waals surface area (Å²) in [5, 5.41) is 10.7. The number of allylic oxidation sites excluding steroid dienone is 30. The summed E-state index contributed by atoms with van der Waals surface area (Å²) in [7, 11) is -10.0. The van der Waals surface area contributed by atoms with Crippen molar-refractivity contribution in [3.05, 3.63) is 182 Å². The summed E-state index contributed by atoms with van der Waals surface area (Å²) < 4.78 is 68.7. The monoisotopic (exact) mass is 1600 g/mol. The van der Waals surface area contributed by atoms with Crippen LogP contribution in [0, 0.1) is 0 Å². The molecular weight excluding hydrogens is 1450 g/mol. The lowest BCUT2D eigenvalue weighted by Crippen LogP contribution is -2.30. The predicted octanol–water partition coefficient (Wildman–Crippen LogP) is 25.9. The fourth-order valence-corrected chi connectivity index (χ4v) is 12.5. The SMILES string of the molecule is CC/C=C\C/C=C\C/C=C\C/C=C\C/C=C\CCCCCC(=O)O[C@H](COC(=O)CC/C=C\C/C=C\C/C=C\C/C=C\C/C=C\CCCCC)COP(=O)(O)OC[C@@H](O)COP(=O)(O)OC[C@@H](COC(=O)CCCCCCCCCCCCCCCCC)OC(=O)CCCCC/C=C\C/C=C\C/C=C\C/C=C\C/C=C\CC. The van der Waals surface area contributed by atoms with E-state index in [0.717, 1.165) is 154 Å². The standard InChI is InChI=1S/C93H152O17P2/c1-5-9-13-17-21-25-29-33-37-40-43-46-50-54-58-62-66-70-74-78-91(96)104-84-89(110-93(98)80-76-72-68-64-60-56-52-48-45-42-39-35-31-27-23-19-15-11-7-3)86-108-112(101,102)106-82-87(94)81-105-111(99,100)107-85-88(83-103-90(95)77-73-69-65-61-57-53-49-36-32-28-24-20-16-12-8-4)109-92(97)79-75-71-67-63-59-55-51-47-44-41-38-34-30-26-22-18-14-10-6-2/h10-11,14-15,21-23,25-27,33-35,37-39,43-48,54-56,58-60,66,70,87-89,94H,5-9,12-13,16-20,24,28-32,36,40-42,49-53,57,61-65,67-69,71-86H2,1-4H3,(H,99,100)(H,101,102)/b14-10-,15-11-,25-21-,26-22-,27-23-,37-33-,38-34-,39-35-,46-43-,47-44-,48-45-,58-54-,59-55-,60-56-,70-66-/t87-,88+,89+/m0/s1. The third kappa shape index (κ3) is 82.2. The number of phosphoric acid groups is 2. The first kappa shape index (κ1) is 106. The van der Waals surface area contributed by atoms with Crippen molar-refractivity contribution in [1.29, 1.82) is 0 Å². The average Bonchev–Trinajstić information content (AvgIpc) is 0.907. The van der Waals surface area contributed by atoms with Crippen LogP contribution in [-0.2, 0) is 65.4 Å². The van der Waals surface area contributed by atoms with Crippen LogP contribution in [0.15, 0.2) is 182 Å². The van der Waals surface area contributed by atoms with Crippen LogP contribution in [0.2, 0.25) is 0 Å². The van der Waals surface area contributed by atoms with Gasteiger partial charge in [-0.15, -0.1) is 0 Å². The number of esters is 4. The maximum Gasteiger partial charge on any atom is 0.472 e. The molecule has 19 heteroatoms. The quantitative estimate of drug-likeness (QED) is 0.0169. The van der Waals surface area contributed by atoms with E-state index in [1.807, 2.05) is 18.2 Å². The number of aliphatic hydroxyl groups excluding tert-OH is 1. The zero-order chi connectivity index (χ0) is 81.7. The van der Waals surface area contributed by atoms with E-state index in [2.05, 4.69) is 192 Å². The molecule has 636 valence electrons. The summed E-state index contributed by atoms with van der Waals surface area (Å²) >= 11 is 0. The highest BCUT2D eigenvalue weighted by molar-refractivity contribution is 7.47. The predicted molar refractivity (Wildman–Crippen MR) is 463 cm³/mol. The maximum atomic E-state index is 13.1. The molecule has 0 aromatic rings. The van der Waals surface area contributed by atoms with Crippen LogP contribution in [0.5, 0.6) is 0 Å². The van der Waals surface area contributed by atoms with E-state index in [1.54, 1.807) is 0 Å². The molecule has 0 radical (unpaired) electrons. The molecule has 0 aliphatic rings. The first-order chi connectivity index (χ1) is 54.7. The van der Waals surface area contributed by atoms with Crippen LogP contribution < -0.4 is 0 Å². The number of unbranched alkanes of at least 4 members (excludes halogenated alkanes) is 23. The van der Waals surface area contributed by atoms with E-state index in [0.29, 0.717) is 32.1 Å². The Kier molecular flexibility index (Phi) is 78.8. The number of hydrogen-bond donors (Lipinski definition) is 3. The number of aliphatic hydroxyl groups is 1. The minimum atomic E-state index is -5.02. The van der Waals surface area contributed by atoms with E-state index >= 15 is 0 Å². The largest absolute Gasteiger partial charge is 0.472 e. The number of ether oxygens (including phenoxy) is 4. The Hall–Kier alpha value is -5.84. The number of rotatable bonds is 79. The molecule has 0 amide bonds. The van der Waals surface area contributed by atoms with Gasteiger partial charge < -0.3 is 33.8 Å². The molecule has 0 aliphatic carbocycles. The minimum absolute atomic E-state index is 0.0231. The van der Waals surface area contributed by atoms with Crippen molar-refractivity contribution in [1.82, 2.24) is 0 Å². The molecule has 5 atom stereocenters. The summed E-state index contributed by atoms with van der Waals surface area (Å²) in [6.07, 6.45) is 102. The van der Waals surface area contributed by atoms with Crippen LogP contribution in [0.4, 0.5) is 0 Å². The first-order valence-corrected chi connectivity index (χ1v) is 46.0. The van der Waals surface area contributed by atoms with Gasteiger partial charge in [0.15, 0.2) is 12.2 Å². The smallest absolute Gasteiger partial charge is 0.462 e. The number of carbonyl (C=O) groups excluding carboxylic acids is 4. The molecule has 0 bridgehead atoms. The minimum Gasteiger partial charge on any atom is -0.462 e. The Morgan fingerprint density at radius 1 is 0.259 bits per heavy atom. The second-order valence-electron chi connectivity index (χ2n) is 28.0. The third-order valence-corrected chi connectivity index (χ3v) is 19.3. The van der Waals surface area contributed by atoms with Crippen LogP contribution in [-0.4, -0.2) is 96.7 Å². The Labute approximate surface area is 679 Å². The third-order valence-electron chi connectivity index (χ3n) is 17.4. The molecule has 0 fully saturated rings. The molecule has 0 spiro atoms. The summed E-state index contributed by atoms with van der Waals surface area (Å²) in [6.45, 7) is 4.48. The van der Waals surface area contributed by atoms with E-state index < -0.39 is 97.5 Å². The zero-order valence-electron chi connectivity index (χ0n) is 69.8. The lowest BCUT2D eigenvalue weighted by Gasteiger charge is -2.21. The van der Waals surface area contributed by atoms with Gasteiger partial charge in [-0.3, -0.25) is 37.3 Å². The lowest BCUT2D eigenvalue weighted by molar-refractivity contribution is -0.161. The molecule has 3 N–H and O–H groups in total. The highest BCUT2D eigenvalue weighted by Gasteiger charge is 2.30. The summed E-state index contributed by atoms with van der Waals surface area (Å²) in [4.78, 5) is 73.3. The average molecular weight is 1600 g/mol. The van der Waals surface area contributed by atoms with E-state index in [1.165, 1.54) is 83.5 Å². The molecule has 0 aromatic heterocycles. The van der Waals surface area contributed by atoms with Crippen LogP contribution in [0.1, 0.15) is 323 Å². The van der Waals surface area contributed by atoms with Crippen molar-refractivity contribution in [2.75, 3.05) is 39.6 Å². The summed E-state index contributed by atoms with van der Waals surface area (Å²) in [5.41, 5.74) is 0. The molecule has 112 heavy (non-hydrogen) atoms. The topological polar surface area (TPSA) is 237 Å². The lowest BCUT2D eigenvalue weighted by atomic mass is 10.0. The van der Waals surface area contributed by atoms with Crippen molar-refractivity contribution in [2.24, 2.45) is 0 Å². The van der Waals surface area contributed by atoms with Crippen molar-refractivity contribution >= 4 is 39.5 Å². The van der Waals surface area contributed by atoms with E-state index in [9.17, 15) is 43.2 Å². The van der Waals surface area contributed by atoms with E-state index in [4.69, 9.17) is 37.0 Å². The Morgan fingerprint density at radius 2 is 0.482 bits per heavy atom. The van der Waals surface area contributed by atoms with Gasteiger partial charge in [-0.2, -0.15) is 0 Å². The van der Waals surface area contributed by atoms with Crippen molar-refractivity contribution < 1.29 is 80.2 Å². The van der Waals surface area contributed by atoms with Gasteiger partial charge in [0.25, 0.3) is 0 Å². The Balaban J connectivity index is 5.53. The first-order valence-electron chi connectivity index (χ1n) is 43.0. The molecule has 0 aliphatic heterocycles. The molecule has 2 unspecified atom stereocenters. The second-order valence-corrected chi connectivity index (χ2v) is 30.9. The Morgan fingerprint density at radius 3 is 0.786 bits per heavy atom. The van der Waals surface area contributed by atoms with Crippen LogP contribution in [0.3, 0.4) is 0 Å². The van der Waals surface area contributed by atoms with Gasteiger partial charge in [-0.25, -0.2) is 9.13 Å². The van der Waals surface area contributed by atoms with E-state index in [-0.39, 0.29) is 25.7 Å². The van der Waals surface area contributed by atoms with Gasteiger partial charge in [0.2, 0.25) is 0 Å². The van der Waals surface area contributed by atoms with Crippen molar-refractivity contribution in [3.8, 4) is 0 Å². The van der Waals surface area contributed by atoms with Gasteiger partial charge in [0.1, 0.15) is 19.3 Å². The molecule has 0 saturated heterocycles. The maximum absolute atomic E-state index is 13.1. The fraction of sp³-hybridized carbons (Fsp3) is 0.634. The van der Waals surface area contributed by atoms with Gasteiger partial charge in [-0.1, -0.05) is 326 Å². The van der Waals surface area contributed by atoms with Gasteiger partial charge in [-0.05, 0) is 154 Å². The molecule has 0 rings (SSSR count). The normalized spacial score (nSPS) is 14.7. The molecular formula is C93H152O17P2. The zero-order valence-corrected chi connectivity index (χ0v) is 71.6. The van der Waals surface area contributed by atoms with Crippen molar-refractivity contribution in [2.45, 2.75) is 341 Å². The molecule has 17 nitrogen and oxygen atoms in total. The molecule has 0 saturated carbocycles. The summed E-state index contributed by atoms with van der Waals surface area (Å²) in [6, 6.07) is 0. The Bertz CT molecular complexity index is 2840. The van der Waals surface area contributed by atoms with Crippen LogP contribution in [0.25, 0.3) is 0 Å². The van der Waals surface area contributed by atoms with Gasteiger partial charge >= 0.3 is 39.5 Å².